The molecule has 9 nitrogen and oxygen atoms in total. The topological polar surface area (TPSA) is 137 Å². The van der Waals surface area contributed by atoms with Crippen LogP contribution >= 0.6 is 0 Å². The molecular weight excluding hydrogens is 204 g/mol. The van der Waals surface area contributed by atoms with Crippen LogP contribution < -0.4 is 17.1 Å². The molecule has 0 unspecified atom stereocenters. The van der Waals surface area contributed by atoms with Gasteiger partial charge in [-0.25, -0.2) is 29.3 Å². The third-order valence-corrected chi connectivity index (χ3v) is 1.08. The first kappa shape index (κ1) is 10.5. The monoisotopic (exact) mass is 210 g/mol. The van der Waals surface area contributed by atoms with Gasteiger partial charge in [-0.05, 0) is 0 Å². The molecule has 2 rings (SSSR count). The number of nitrogens with zero attached hydrogens (tertiary/aromatic N) is 3. The van der Waals surface area contributed by atoms with Gasteiger partial charge in [-0.3, -0.25) is 15.0 Å². The van der Waals surface area contributed by atoms with Crippen molar-refractivity contribution >= 4 is 0 Å². The largest absolute Gasteiger partial charge is 0.330 e. The Labute approximate surface area is 81.3 Å². The molecule has 2 aromatic rings. The van der Waals surface area contributed by atoms with Gasteiger partial charge in [-0.15, -0.1) is 0 Å². The summed E-state index contributed by atoms with van der Waals surface area (Å²) < 4.78 is 0. The lowest BCUT2D eigenvalue weighted by molar-refractivity contribution is 0.888. The molecule has 0 amide bonds. The lowest BCUT2D eigenvalue weighted by Crippen LogP contribution is -2.34. The van der Waals surface area contributed by atoms with Gasteiger partial charge in [0.05, 0.1) is 0 Å². The summed E-state index contributed by atoms with van der Waals surface area (Å²) in [5.41, 5.74) is -2.41. The van der Waals surface area contributed by atoms with Crippen molar-refractivity contribution in [1.29, 1.82) is 0 Å². The van der Waals surface area contributed by atoms with E-state index in [9.17, 15) is 14.4 Å². The van der Waals surface area contributed by atoms with Crippen LogP contribution in [0.15, 0.2) is 33.4 Å². The van der Waals surface area contributed by atoms with Crippen molar-refractivity contribution in [3.63, 3.8) is 0 Å². The molecule has 0 aliphatic carbocycles. The highest BCUT2D eigenvalue weighted by Gasteiger charge is 1.85. The predicted molar refractivity (Wildman–Crippen MR) is 48.1 cm³/mol. The van der Waals surface area contributed by atoms with Crippen molar-refractivity contribution in [2.24, 2.45) is 0 Å². The lowest BCUT2D eigenvalue weighted by Gasteiger charge is -1.77. The van der Waals surface area contributed by atoms with E-state index in [1.54, 1.807) is 15.0 Å². The van der Waals surface area contributed by atoms with Gasteiger partial charge in [0.2, 0.25) is 0 Å². The minimum atomic E-state index is -0.802. The molecule has 0 saturated carbocycles. The summed E-state index contributed by atoms with van der Waals surface area (Å²) in [5.74, 6) is 0. The van der Waals surface area contributed by atoms with E-state index in [4.69, 9.17) is 0 Å². The summed E-state index contributed by atoms with van der Waals surface area (Å²) >= 11 is 0. The zero-order valence-electron chi connectivity index (χ0n) is 7.30. The summed E-state index contributed by atoms with van der Waals surface area (Å²) in [4.78, 5) is 46.6. The van der Waals surface area contributed by atoms with Crippen LogP contribution in [0.5, 0.6) is 0 Å². The fourth-order valence-electron chi connectivity index (χ4n) is 0.608. The van der Waals surface area contributed by atoms with E-state index in [0.29, 0.717) is 0 Å². The smallest absolute Gasteiger partial charge is 0.259 e. The number of hydrogen-bond donors (Lipinski definition) is 3. The Morgan fingerprint density at radius 1 is 0.667 bits per heavy atom. The maximum atomic E-state index is 10.2. The van der Waals surface area contributed by atoms with Crippen LogP contribution in [-0.2, 0) is 0 Å². The molecule has 0 aliphatic rings. The molecule has 3 N–H and O–H groups in total. The van der Waals surface area contributed by atoms with Gasteiger partial charge in [0.15, 0.2) is 0 Å². The van der Waals surface area contributed by atoms with E-state index < -0.39 is 17.1 Å². The summed E-state index contributed by atoms with van der Waals surface area (Å²) in [5, 5.41) is 0. The number of nitrogens with one attached hydrogen (secondary N) is 3. The standard InChI is InChI=1S/C3H3N3O3.C3H3N3/c7-1-4-2(8)6-3(9)5-1;1-4-2-6-3-5-1/h(H3,4,5,6,7,8,9);1-3H. The van der Waals surface area contributed by atoms with Crippen molar-refractivity contribution in [2.45, 2.75) is 0 Å². The zero-order chi connectivity index (χ0) is 11.1. The van der Waals surface area contributed by atoms with Crippen molar-refractivity contribution in [1.82, 2.24) is 29.9 Å². The van der Waals surface area contributed by atoms with Gasteiger partial charge < -0.3 is 0 Å². The average molecular weight is 210 g/mol. The first-order valence-electron chi connectivity index (χ1n) is 3.66. The normalized spacial score (nSPS) is 8.80. The molecule has 0 saturated heterocycles. The average Bonchev–Trinajstić information content (AvgIpc) is 2.19. The number of rotatable bonds is 0. The van der Waals surface area contributed by atoms with Gasteiger partial charge in [0.25, 0.3) is 0 Å². The third-order valence-electron chi connectivity index (χ3n) is 1.08. The van der Waals surface area contributed by atoms with Gasteiger partial charge in [-0.2, -0.15) is 0 Å². The third kappa shape index (κ3) is 4.26. The van der Waals surface area contributed by atoms with E-state index >= 15 is 0 Å². The van der Waals surface area contributed by atoms with E-state index in [-0.39, 0.29) is 0 Å². The summed E-state index contributed by atoms with van der Waals surface area (Å²) in [6.07, 6.45) is 4.31. The molecule has 0 bridgehead atoms. The van der Waals surface area contributed by atoms with Crippen molar-refractivity contribution in [3.05, 3.63) is 50.4 Å². The quantitative estimate of drug-likeness (QED) is 0.444. The van der Waals surface area contributed by atoms with E-state index in [0.717, 1.165) is 0 Å². The van der Waals surface area contributed by atoms with Crippen molar-refractivity contribution in [2.75, 3.05) is 0 Å². The Morgan fingerprint density at radius 2 is 0.933 bits per heavy atom. The van der Waals surface area contributed by atoms with E-state index in [1.165, 1.54) is 19.0 Å². The Bertz CT molecular complexity index is 450. The van der Waals surface area contributed by atoms with E-state index in [1.807, 2.05) is 0 Å². The van der Waals surface area contributed by atoms with Gasteiger partial charge in [-0.1, -0.05) is 0 Å². The summed E-state index contributed by atoms with van der Waals surface area (Å²) in [6, 6.07) is 0. The van der Waals surface area contributed by atoms with Crippen LogP contribution in [-0.4, -0.2) is 29.9 Å². The zero-order valence-corrected chi connectivity index (χ0v) is 7.30. The van der Waals surface area contributed by atoms with Crippen LogP contribution in [0.1, 0.15) is 0 Å². The van der Waals surface area contributed by atoms with Gasteiger partial charge >= 0.3 is 17.1 Å². The highest BCUT2D eigenvalue weighted by atomic mass is 16.2. The van der Waals surface area contributed by atoms with Crippen LogP contribution in [0, 0.1) is 0 Å². The Hall–Kier alpha value is -2.58. The van der Waals surface area contributed by atoms with Crippen LogP contribution in [0.2, 0.25) is 0 Å². The first-order valence-corrected chi connectivity index (χ1v) is 3.66. The molecule has 78 valence electrons. The van der Waals surface area contributed by atoms with Crippen molar-refractivity contribution < 1.29 is 0 Å². The molecule has 15 heavy (non-hydrogen) atoms. The first-order chi connectivity index (χ1) is 7.18. The second kappa shape index (κ2) is 5.21. The Balaban J connectivity index is 0.000000162. The van der Waals surface area contributed by atoms with Crippen LogP contribution in [0.4, 0.5) is 0 Å². The summed E-state index contributed by atoms with van der Waals surface area (Å²) in [6.45, 7) is 0. The minimum Gasteiger partial charge on any atom is -0.259 e. The predicted octanol–water partition coefficient (Wildman–Crippen LogP) is -2.38. The number of hydrogen-bond acceptors (Lipinski definition) is 6. The maximum absolute atomic E-state index is 10.2. The molecular formula is C6H6N6O3. The second-order valence-electron chi connectivity index (χ2n) is 2.16. The molecule has 0 spiro atoms. The second-order valence-corrected chi connectivity index (χ2v) is 2.16. The molecule has 0 atom stereocenters. The lowest BCUT2D eigenvalue weighted by atomic mass is 11.0. The fraction of sp³-hybridized carbons (Fsp3) is 0. The van der Waals surface area contributed by atoms with Crippen molar-refractivity contribution in [3.8, 4) is 0 Å². The molecule has 0 aromatic carbocycles. The molecule has 9 heteroatoms. The molecule has 0 aliphatic heterocycles. The highest BCUT2D eigenvalue weighted by molar-refractivity contribution is 4.60. The van der Waals surface area contributed by atoms with Crippen LogP contribution in [0.3, 0.4) is 0 Å². The molecule has 2 heterocycles. The Kier molecular flexibility index (Phi) is 3.65. The Morgan fingerprint density at radius 3 is 1.13 bits per heavy atom. The maximum Gasteiger partial charge on any atom is 0.330 e. The molecule has 0 fully saturated rings. The fourth-order valence-corrected chi connectivity index (χ4v) is 0.608. The molecule has 2 aromatic heterocycles. The molecule has 0 radical (unpaired) electrons. The summed E-state index contributed by atoms with van der Waals surface area (Å²) in [7, 11) is 0. The number of aromatic amines is 3. The van der Waals surface area contributed by atoms with Gasteiger partial charge in [0.1, 0.15) is 19.0 Å². The number of aromatic nitrogens is 6. The number of H-pyrrole nitrogens is 3. The highest BCUT2D eigenvalue weighted by Crippen LogP contribution is 1.57. The van der Waals surface area contributed by atoms with Crippen LogP contribution in [0.25, 0.3) is 0 Å². The van der Waals surface area contributed by atoms with Gasteiger partial charge in [0, 0.05) is 0 Å². The van der Waals surface area contributed by atoms with E-state index in [2.05, 4.69) is 15.0 Å². The minimum absolute atomic E-state index is 0.802. The SMILES string of the molecule is O=c1[nH]c(=O)[nH]c(=O)[nH]1.c1ncncn1.